The van der Waals surface area contributed by atoms with Crippen molar-refractivity contribution in [1.82, 2.24) is 19.9 Å². The maximum atomic E-state index is 4.43. The van der Waals surface area contributed by atoms with E-state index < -0.39 is 0 Å². The molecular weight excluding hydrogens is 272 g/mol. The minimum absolute atomic E-state index is 0.637. The minimum atomic E-state index is 0.637. The van der Waals surface area contributed by atoms with Crippen LogP contribution in [0.5, 0.6) is 0 Å². The van der Waals surface area contributed by atoms with Gasteiger partial charge in [0.2, 0.25) is 0 Å². The largest absolute Gasteiger partial charge is 0.263 e. The highest BCUT2D eigenvalue weighted by Gasteiger charge is 2.09. The molecule has 0 aliphatic rings. The number of benzene rings is 1. The normalized spacial score (nSPS) is 10.7. The van der Waals surface area contributed by atoms with Gasteiger partial charge in [-0.3, -0.25) is 4.98 Å². The van der Waals surface area contributed by atoms with E-state index in [-0.39, 0.29) is 0 Å². The van der Waals surface area contributed by atoms with Crippen LogP contribution < -0.4 is 0 Å². The summed E-state index contributed by atoms with van der Waals surface area (Å²) >= 11 is 0. The zero-order chi connectivity index (χ0) is 14.8. The Morgan fingerprint density at radius 2 is 1.50 bits per heavy atom. The van der Waals surface area contributed by atoms with Gasteiger partial charge in [-0.2, -0.15) is 0 Å². The van der Waals surface area contributed by atoms with E-state index in [0.717, 1.165) is 27.2 Å². The first kappa shape index (κ1) is 12.6. The highest BCUT2D eigenvalue weighted by molar-refractivity contribution is 6.06. The Bertz CT molecular complexity index is 1040. The van der Waals surface area contributed by atoms with Crippen LogP contribution in [0.25, 0.3) is 32.8 Å². The molecule has 0 saturated heterocycles. The van der Waals surface area contributed by atoms with E-state index in [1.807, 2.05) is 48.7 Å². The van der Waals surface area contributed by atoms with Crippen LogP contribution in [-0.4, -0.2) is 19.9 Å². The number of rotatable bonds is 0. The molecule has 4 rings (SSSR count). The second-order valence-electron chi connectivity index (χ2n) is 4.90. The topological polar surface area (TPSA) is 51.6 Å². The Morgan fingerprint density at radius 3 is 2.41 bits per heavy atom. The molecule has 0 amide bonds. The summed E-state index contributed by atoms with van der Waals surface area (Å²) in [6.07, 6.45) is 7.08. The van der Waals surface area contributed by atoms with Gasteiger partial charge < -0.3 is 0 Å². The second kappa shape index (κ2) is 5.33. The fraction of sp³-hybridized carbons (Fsp3) is 0. The van der Waals surface area contributed by atoms with Crippen molar-refractivity contribution in [1.29, 1.82) is 0 Å². The molecule has 22 heavy (non-hydrogen) atoms. The quantitative estimate of drug-likeness (QED) is 0.492. The van der Waals surface area contributed by atoms with E-state index >= 15 is 0 Å². The van der Waals surface area contributed by atoms with Gasteiger partial charge in [0.1, 0.15) is 11.0 Å². The Kier molecular flexibility index (Phi) is 3.05. The molecule has 0 bridgehead atoms. The molecule has 0 radical (unpaired) electrons. The van der Waals surface area contributed by atoms with Crippen LogP contribution in [0.15, 0.2) is 73.3 Å². The molecule has 3 heterocycles. The van der Waals surface area contributed by atoms with E-state index in [4.69, 9.17) is 0 Å². The van der Waals surface area contributed by atoms with Gasteiger partial charge in [0.05, 0.1) is 11.6 Å². The van der Waals surface area contributed by atoms with E-state index in [0.29, 0.717) is 5.65 Å². The SMILES string of the molecule is c1ccnc2ncc3nc3c2cncc2ccccc2cc1. The summed E-state index contributed by atoms with van der Waals surface area (Å²) in [5, 5.41) is 3.04. The van der Waals surface area contributed by atoms with Gasteiger partial charge in [-0.15, -0.1) is 0 Å². The van der Waals surface area contributed by atoms with Gasteiger partial charge in [-0.05, 0) is 16.8 Å². The Balaban J connectivity index is 2.07. The highest BCUT2D eigenvalue weighted by atomic mass is 14.9. The first-order chi connectivity index (χ1) is 10.9. The molecule has 0 spiro atoms. The molecular formula is C18H12N4. The molecule has 4 nitrogen and oxygen atoms in total. The summed E-state index contributed by atoms with van der Waals surface area (Å²) in [7, 11) is 0. The molecule has 4 aromatic rings. The van der Waals surface area contributed by atoms with E-state index in [9.17, 15) is 0 Å². The molecule has 104 valence electrons. The fourth-order valence-corrected chi connectivity index (χ4v) is 2.26. The smallest absolute Gasteiger partial charge is 0.163 e. The highest BCUT2D eigenvalue weighted by Crippen LogP contribution is 2.23. The van der Waals surface area contributed by atoms with Crippen molar-refractivity contribution in [2.24, 2.45) is 0 Å². The molecule has 3 aromatic heterocycles. The third kappa shape index (κ3) is 2.42. The number of hydrogen-bond donors (Lipinski definition) is 0. The summed E-state index contributed by atoms with van der Waals surface area (Å²) in [5.74, 6) is 0. The van der Waals surface area contributed by atoms with Crippen molar-refractivity contribution < 1.29 is 0 Å². The lowest BCUT2D eigenvalue weighted by Crippen LogP contribution is -1.76. The average Bonchev–Trinajstić information content (AvgIpc) is 3.32. The number of aromatic nitrogens is 4. The lowest BCUT2D eigenvalue weighted by Gasteiger charge is -1.89. The first-order valence-electron chi connectivity index (χ1n) is 6.99. The monoisotopic (exact) mass is 284 g/mol. The number of hydrogen-bond acceptors (Lipinski definition) is 4. The van der Waals surface area contributed by atoms with Crippen LogP contribution >= 0.6 is 0 Å². The molecule has 0 fully saturated rings. The minimum Gasteiger partial charge on any atom is -0.263 e. The van der Waals surface area contributed by atoms with E-state index in [2.05, 4.69) is 26.0 Å². The van der Waals surface area contributed by atoms with Crippen LogP contribution in [0, 0.1) is 0 Å². The number of fused-ring (bicyclic) bond motifs is 4. The summed E-state index contributed by atoms with van der Waals surface area (Å²) in [5.41, 5.74) is 2.49. The van der Waals surface area contributed by atoms with Gasteiger partial charge in [-0.25, -0.2) is 15.0 Å². The first-order valence-corrected chi connectivity index (χ1v) is 6.99. The molecule has 0 unspecified atom stereocenters. The van der Waals surface area contributed by atoms with E-state index in [1.165, 1.54) is 0 Å². The molecule has 4 heteroatoms. The predicted molar refractivity (Wildman–Crippen MR) is 87.8 cm³/mol. The molecule has 0 aliphatic heterocycles. The molecule has 1 aromatic carbocycles. The standard InChI is InChI=1S/C18H12N4/c1-2-6-13-7-3-4-8-14(13)10-19-11-15-17-16(22-17)12-21-18(15)20-9-5-1/h1-12H. The van der Waals surface area contributed by atoms with Crippen LogP contribution in [0.4, 0.5) is 0 Å². The van der Waals surface area contributed by atoms with Crippen LogP contribution in [-0.2, 0) is 0 Å². The zero-order valence-electron chi connectivity index (χ0n) is 11.7. The number of pyridine rings is 1. The van der Waals surface area contributed by atoms with Crippen molar-refractivity contribution in [3.8, 4) is 0 Å². The van der Waals surface area contributed by atoms with Gasteiger partial charge in [0, 0.05) is 18.6 Å². The average molecular weight is 284 g/mol. The fourth-order valence-electron chi connectivity index (χ4n) is 2.26. The van der Waals surface area contributed by atoms with Crippen LogP contribution in [0.1, 0.15) is 0 Å². The van der Waals surface area contributed by atoms with Crippen molar-refractivity contribution >= 4 is 32.8 Å². The molecule has 0 aliphatic carbocycles. The maximum absolute atomic E-state index is 4.43. The Morgan fingerprint density at radius 1 is 0.682 bits per heavy atom. The van der Waals surface area contributed by atoms with Gasteiger partial charge in [-0.1, -0.05) is 42.5 Å². The molecule has 0 atom stereocenters. The van der Waals surface area contributed by atoms with Gasteiger partial charge >= 0.3 is 0 Å². The van der Waals surface area contributed by atoms with Crippen LogP contribution in [0.3, 0.4) is 0 Å². The van der Waals surface area contributed by atoms with E-state index in [1.54, 1.807) is 18.6 Å². The third-order valence-electron chi connectivity index (χ3n) is 3.42. The van der Waals surface area contributed by atoms with Gasteiger partial charge in [0.15, 0.2) is 5.65 Å². The lowest BCUT2D eigenvalue weighted by atomic mass is 10.2. The third-order valence-corrected chi connectivity index (χ3v) is 3.42. The van der Waals surface area contributed by atoms with Crippen molar-refractivity contribution in [2.75, 3.05) is 0 Å². The zero-order valence-corrected chi connectivity index (χ0v) is 11.7. The number of nitrogens with zero attached hydrogens (tertiary/aromatic N) is 4. The molecule has 0 N–H and O–H groups in total. The second-order valence-corrected chi connectivity index (χ2v) is 4.90. The van der Waals surface area contributed by atoms with Gasteiger partial charge in [0.25, 0.3) is 0 Å². The Hall–Kier alpha value is -3.14. The van der Waals surface area contributed by atoms with Crippen molar-refractivity contribution in [3.05, 3.63) is 73.3 Å². The van der Waals surface area contributed by atoms with Crippen LogP contribution in [0.2, 0.25) is 0 Å². The maximum Gasteiger partial charge on any atom is 0.163 e. The summed E-state index contributed by atoms with van der Waals surface area (Å²) in [4.78, 5) is 17.4. The summed E-state index contributed by atoms with van der Waals surface area (Å²) < 4.78 is 0. The molecule has 0 saturated carbocycles. The summed E-state index contributed by atoms with van der Waals surface area (Å²) in [6, 6.07) is 16.0. The lowest BCUT2D eigenvalue weighted by molar-refractivity contribution is 1.31. The predicted octanol–water partition coefficient (Wildman–Crippen LogP) is 3.85. The summed E-state index contributed by atoms with van der Waals surface area (Å²) in [6.45, 7) is 0. The van der Waals surface area contributed by atoms with Crippen molar-refractivity contribution in [2.45, 2.75) is 0 Å². The Labute approximate surface area is 126 Å². The van der Waals surface area contributed by atoms with Crippen molar-refractivity contribution in [3.63, 3.8) is 0 Å².